The van der Waals surface area contributed by atoms with Crippen molar-refractivity contribution >= 4 is 23.2 Å². The number of nitrogens with zero attached hydrogens (tertiary/aromatic N) is 2. The molecule has 0 spiro atoms. The van der Waals surface area contributed by atoms with Gasteiger partial charge in [0.1, 0.15) is 11.6 Å². The number of nitriles is 1. The molecule has 0 aliphatic rings. The van der Waals surface area contributed by atoms with E-state index in [0.29, 0.717) is 12.2 Å². The van der Waals surface area contributed by atoms with E-state index in [1.165, 1.54) is 6.20 Å². The first-order valence-electron chi connectivity index (χ1n) is 5.94. The first-order chi connectivity index (χ1) is 9.19. The fraction of sp³-hybridized carbons (Fsp3) is 0.308. The molecule has 2 N–H and O–H groups in total. The van der Waals surface area contributed by atoms with Crippen molar-refractivity contribution in [3.05, 3.63) is 35.3 Å². The van der Waals surface area contributed by atoms with Crippen LogP contribution < -0.4 is 10.6 Å². The molecule has 0 aliphatic carbocycles. The average molecular weight is 279 g/mol. The SMILES string of the molecule is CCCCNC(=O)/C(C#N)=C\Nc1cccnc1Cl. The van der Waals surface area contributed by atoms with Gasteiger partial charge in [0.05, 0.1) is 5.69 Å². The third-order valence-corrected chi connectivity index (χ3v) is 2.61. The largest absolute Gasteiger partial charge is 0.358 e. The predicted molar refractivity (Wildman–Crippen MR) is 74.5 cm³/mol. The van der Waals surface area contributed by atoms with Crippen LogP contribution in [0.4, 0.5) is 5.69 Å². The predicted octanol–water partition coefficient (Wildman–Crippen LogP) is 2.47. The summed E-state index contributed by atoms with van der Waals surface area (Å²) in [5.74, 6) is -0.400. The minimum absolute atomic E-state index is 0.00368. The number of carbonyl (C=O) groups is 1. The number of carbonyl (C=O) groups excluding carboxylic acids is 1. The van der Waals surface area contributed by atoms with Gasteiger partial charge in [0.15, 0.2) is 5.15 Å². The highest BCUT2D eigenvalue weighted by molar-refractivity contribution is 6.32. The summed E-state index contributed by atoms with van der Waals surface area (Å²) < 4.78 is 0. The van der Waals surface area contributed by atoms with E-state index in [-0.39, 0.29) is 10.7 Å². The molecule has 1 aromatic rings. The molecule has 5 nitrogen and oxygen atoms in total. The lowest BCUT2D eigenvalue weighted by Gasteiger charge is -2.05. The summed E-state index contributed by atoms with van der Waals surface area (Å²) in [6, 6.07) is 5.25. The molecule has 0 fully saturated rings. The molecule has 1 aromatic heterocycles. The third kappa shape index (κ3) is 4.98. The van der Waals surface area contributed by atoms with Gasteiger partial charge >= 0.3 is 0 Å². The number of unbranched alkanes of at least 4 members (excludes halogenated alkanes) is 1. The van der Waals surface area contributed by atoms with Crippen molar-refractivity contribution in [2.75, 3.05) is 11.9 Å². The number of anilines is 1. The lowest BCUT2D eigenvalue weighted by molar-refractivity contribution is -0.117. The van der Waals surface area contributed by atoms with E-state index in [9.17, 15) is 4.79 Å². The fourth-order valence-electron chi connectivity index (χ4n) is 1.27. The highest BCUT2D eigenvalue weighted by Crippen LogP contribution is 2.17. The van der Waals surface area contributed by atoms with Gasteiger partial charge in [-0.15, -0.1) is 0 Å². The van der Waals surface area contributed by atoms with Gasteiger partial charge in [-0.25, -0.2) is 4.98 Å². The van der Waals surface area contributed by atoms with Crippen molar-refractivity contribution in [1.29, 1.82) is 5.26 Å². The zero-order valence-electron chi connectivity index (χ0n) is 10.6. The van der Waals surface area contributed by atoms with Crippen LogP contribution in [0, 0.1) is 11.3 Å². The van der Waals surface area contributed by atoms with Crippen LogP contribution in [-0.2, 0) is 4.79 Å². The van der Waals surface area contributed by atoms with Crippen molar-refractivity contribution in [1.82, 2.24) is 10.3 Å². The van der Waals surface area contributed by atoms with Crippen LogP contribution in [0.3, 0.4) is 0 Å². The van der Waals surface area contributed by atoms with Gasteiger partial charge in [0, 0.05) is 18.9 Å². The maximum Gasteiger partial charge on any atom is 0.263 e. The van der Waals surface area contributed by atoms with E-state index in [1.807, 2.05) is 13.0 Å². The summed E-state index contributed by atoms with van der Waals surface area (Å²) in [4.78, 5) is 15.5. The maximum atomic E-state index is 11.7. The van der Waals surface area contributed by atoms with Gasteiger partial charge in [0.25, 0.3) is 5.91 Å². The Bertz CT molecular complexity index is 508. The maximum absolute atomic E-state index is 11.7. The molecule has 0 atom stereocenters. The molecular formula is C13H15ClN4O. The van der Waals surface area contributed by atoms with Crippen molar-refractivity contribution in [3.63, 3.8) is 0 Å². The van der Waals surface area contributed by atoms with E-state index in [0.717, 1.165) is 12.8 Å². The second kappa shape index (κ2) is 8.11. The Balaban J connectivity index is 2.65. The number of aromatic nitrogens is 1. The Hall–Kier alpha value is -2.06. The lowest BCUT2D eigenvalue weighted by Crippen LogP contribution is -2.25. The quantitative estimate of drug-likeness (QED) is 0.363. The molecule has 0 saturated heterocycles. The summed E-state index contributed by atoms with van der Waals surface area (Å²) >= 11 is 5.85. The Labute approximate surface area is 117 Å². The normalized spacial score (nSPS) is 10.7. The summed E-state index contributed by atoms with van der Waals surface area (Å²) in [7, 11) is 0. The van der Waals surface area contributed by atoms with Crippen LogP contribution in [0.2, 0.25) is 5.15 Å². The summed E-state index contributed by atoms with van der Waals surface area (Å²) in [6.07, 6.45) is 4.74. The van der Waals surface area contributed by atoms with Gasteiger partial charge in [-0.1, -0.05) is 24.9 Å². The zero-order chi connectivity index (χ0) is 14.1. The van der Waals surface area contributed by atoms with E-state index >= 15 is 0 Å². The van der Waals surface area contributed by atoms with Gasteiger partial charge in [-0.05, 0) is 18.6 Å². The number of amides is 1. The minimum Gasteiger partial charge on any atom is -0.358 e. The number of rotatable bonds is 6. The Morgan fingerprint density at radius 3 is 3.05 bits per heavy atom. The summed E-state index contributed by atoms with van der Waals surface area (Å²) in [6.45, 7) is 2.58. The molecule has 0 saturated carbocycles. The van der Waals surface area contributed by atoms with Gasteiger partial charge in [0.2, 0.25) is 0 Å². The van der Waals surface area contributed by atoms with E-state index in [4.69, 9.17) is 16.9 Å². The van der Waals surface area contributed by atoms with Crippen molar-refractivity contribution < 1.29 is 4.79 Å². The molecule has 6 heteroatoms. The van der Waals surface area contributed by atoms with Crippen LogP contribution in [0.25, 0.3) is 0 Å². The molecule has 0 unspecified atom stereocenters. The first-order valence-corrected chi connectivity index (χ1v) is 6.32. The standard InChI is InChI=1S/C13H15ClN4O/c1-2-3-6-17-13(19)10(8-15)9-18-11-5-4-7-16-12(11)14/h4-5,7,9,18H,2-3,6H2,1H3,(H,17,19)/b10-9-. The highest BCUT2D eigenvalue weighted by Gasteiger charge is 2.08. The molecule has 100 valence electrons. The van der Waals surface area contributed by atoms with Gasteiger partial charge < -0.3 is 10.6 Å². The van der Waals surface area contributed by atoms with Crippen LogP contribution in [-0.4, -0.2) is 17.4 Å². The van der Waals surface area contributed by atoms with Gasteiger partial charge in [-0.3, -0.25) is 4.79 Å². The number of hydrogen-bond donors (Lipinski definition) is 2. The summed E-state index contributed by atoms with van der Waals surface area (Å²) in [5, 5.41) is 14.7. The van der Waals surface area contributed by atoms with E-state index < -0.39 is 5.91 Å². The number of halogens is 1. The van der Waals surface area contributed by atoms with Crippen molar-refractivity contribution in [2.45, 2.75) is 19.8 Å². The molecule has 1 amide bonds. The molecule has 1 heterocycles. The lowest BCUT2D eigenvalue weighted by atomic mass is 10.2. The van der Waals surface area contributed by atoms with E-state index in [2.05, 4.69) is 15.6 Å². The second-order valence-electron chi connectivity index (χ2n) is 3.77. The second-order valence-corrected chi connectivity index (χ2v) is 4.12. The number of hydrogen-bond acceptors (Lipinski definition) is 4. The minimum atomic E-state index is -0.400. The molecule has 1 rings (SSSR count). The molecule has 0 aliphatic heterocycles. The van der Waals surface area contributed by atoms with Crippen LogP contribution >= 0.6 is 11.6 Å². The molecule has 0 bridgehead atoms. The third-order valence-electron chi connectivity index (χ3n) is 2.31. The van der Waals surface area contributed by atoms with Gasteiger partial charge in [-0.2, -0.15) is 5.26 Å². The van der Waals surface area contributed by atoms with Crippen molar-refractivity contribution in [3.8, 4) is 6.07 Å². The average Bonchev–Trinajstić information content (AvgIpc) is 2.41. The molecular weight excluding hydrogens is 264 g/mol. The number of pyridine rings is 1. The van der Waals surface area contributed by atoms with Crippen LogP contribution in [0.5, 0.6) is 0 Å². The first kappa shape index (κ1) is 15.0. The number of nitrogens with one attached hydrogen (secondary N) is 2. The Kier molecular flexibility index (Phi) is 6.41. The molecule has 19 heavy (non-hydrogen) atoms. The zero-order valence-corrected chi connectivity index (χ0v) is 11.4. The summed E-state index contributed by atoms with van der Waals surface area (Å²) in [5.41, 5.74) is 0.536. The molecule has 0 aromatic carbocycles. The monoisotopic (exact) mass is 278 g/mol. The molecule has 0 radical (unpaired) electrons. The Morgan fingerprint density at radius 2 is 2.42 bits per heavy atom. The smallest absolute Gasteiger partial charge is 0.263 e. The fourth-order valence-corrected chi connectivity index (χ4v) is 1.44. The van der Waals surface area contributed by atoms with Crippen molar-refractivity contribution in [2.24, 2.45) is 0 Å². The Morgan fingerprint density at radius 1 is 1.63 bits per heavy atom. The highest BCUT2D eigenvalue weighted by atomic mass is 35.5. The van der Waals surface area contributed by atoms with Crippen LogP contribution in [0.1, 0.15) is 19.8 Å². The van der Waals surface area contributed by atoms with Crippen LogP contribution in [0.15, 0.2) is 30.1 Å². The topological polar surface area (TPSA) is 77.8 Å². The van der Waals surface area contributed by atoms with E-state index in [1.54, 1.807) is 18.3 Å².